The molecule has 3 nitrogen and oxygen atoms in total. The zero-order valence-corrected chi connectivity index (χ0v) is 8.04. The van der Waals surface area contributed by atoms with Gasteiger partial charge in [0.1, 0.15) is 0 Å². The lowest BCUT2D eigenvalue weighted by molar-refractivity contribution is -0.131. The Morgan fingerprint density at radius 3 is 2.38 bits per heavy atom. The minimum Gasteiger partial charge on any atom is -0.478 e. The Hall–Kier alpha value is -0.830. The predicted octanol–water partition coefficient (Wildman–Crippen LogP) is 1.93. The average Bonchev–Trinajstić information content (AvgIpc) is 2.09. The van der Waals surface area contributed by atoms with E-state index in [2.05, 4.69) is 0 Å². The summed E-state index contributed by atoms with van der Waals surface area (Å²) in [4.78, 5) is 10.1. The number of hydrogen-bond acceptors (Lipinski definition) is 2. The van der Waals surface area contributed by atoms with E-state index in [1.807, 2.05) is 0 Å². The molecule has 76 valence electrons. The molecular weight excluding hydrogens is 166 g/mol. The summed E-state index contributed by atoms with van der Waals surface area (Å²) in [6, 6.07) is 0. The first-order valence-electron chi connectivity index (χ1n) is 4.87. The molecule has 0 amide bonds. The van der Waals surface area contributed by atoms with Gasteiger partial charge in [0.2, 0.25) is 0 Å². The van der Waals surface area contributed by atoms with Crippen LogP contribution in [-0.4, -0.2) is 17.6 Å². The molecule has 0 aromatic heterocycles. The summed E-state index contributed by atoms with van der Waals surface area (Å²) in [5.74, 6) is -0.858. The monoisotopic (exact) mass is 185 g/mol. The van der Waals surface area contributed by atoms with Crippen molar-refractivity contribution in [2.75, 3.05) is 6.54 Å². The van der Waals surface area contributed by atoms with Crippen LogP contribution in [0.25, 0.3) is 0 Å². The Morgan fingerprint density at radius 1 is 1.15 bits per heavy atom. The molecule has 3 heteroatoms. The lowest BCUT2D eigenvalue weighted by Gasteiger charge is -1.97. The number of aliphatic carboxylic acids is 1. The zero-order valence-electron chi connectivity index (χ0n) is 8.04. The van der Waals surface area contributed by atoms with Crippen LogP contribution < -0.4 is 5.73 Å². The molecule has 0 spiro atoms. The summed E-state index contributed by atoms with van der Waals surface area (Å²) in [7, 11) is 0. The molecule has 0 saturated heterocycles. The fourth-order valence-corrected chi connectivity index (χ4v) is 1.12. The Labute approximate surface area is 79.6 Å². The van der Waals surface area contributed by atoms with Gasteiger partial charge in [0.15, 0.2) is 0 Å². The summed E-state index contributed by atoms with van der Waals surface area (Å²) in [5.41, 5.74) is 5.35. The van der Waals surface area contributed by atoms with Crippen LogP contribution in [0.5, 0.6) is 0 Å². The number of carboxylic acid groups (broad SMARTS) is 1. The molecule has 0 heterocycles. The molecule has 0 unspecified atom stereocenters. The third-order valence-corrected chi connectivity index (χ3v) is 1.84. The average molecular weight is 185 g/mol. The molecule has 0 aromatic carbocycles. The Balaban J connectivity index is 3.03. The van der Waals surface area contributed by atoms with E-state index in [1.54, 1.807) is 6.08 Å². The molecule has 0 radical (unpaired) electrons. The third kappa shape index (κ3) is 11.2. The van der Waals surface area contributed by atoms with E-state index in [9.17, 15) is 4.79 Å². The van der Waals surface area contributed by atoms with Crippen LogP contribution in [0.4, 0.5) is 0 Å². The van der Waals surface area contributed by atoms with Crippen LogP contribution in [0.15, 0.2) is 12.2 Å². The van der Waals surface area contributed by atoms with E-state index in [4.69, 9.17) is 10.8 Å². The Bertz CT molecular complexity index is 155. The number of allylic oxidation sites excluding steroid dienone is 1. The summed E-state index contributed by atoms with van der Waals surface area (Å²) in [6.07, 6.45) is 9.54. The van der Waals surface area contributed by atoms with Gasteiger partial charge in [-0.2, -0.15) is 0 Å². The van der Waals surface area contributed by atoms with Crippen molar-refractivity contribution >= 4 is 5.97 Å². The van der Waals surface area contributed by atoms with Gasteiger partial charge in [0.05, 0.1) is 0 Å². The van der Waals surface area contributed by atoms with Crippen LogP contribution in [0.2, 0.25) is 0 Å². The molecule has 3 N–H and O–H groups in total. The summed E-state index contributed by atoms with van der Waals surface area (Å²) in [6.45, 7) is 0.777. The van der Waals surface area contributed by atoms with E-state index >= 15 is 0 Å². The highest BCUT2D eigenvalue weighted by Crippen LogP contribution is 2.04. The van der Waals surface area contributed by atoms with E-state index in [0.717, 1.165) is 25.8 Å². The second kappa shape index (κ2) is 9.26. The van der Waals surface area contributed by atoms with Gasteiger partial charge >= 0.3 is 5.97 Å². The van der Waals surface area contributed by atoms with E-state index in [1.165, 1.54) is 25.3 Å². The topological polar surface area (TPSA) is 63.3 Å². The predicted molar refractivity (Wildman–Crippen MR) is 53.5 cm³/mol. The van der Waals surface area contributed by atoms with Crippen molar-refractivity contribution in [2.24, 2.45) is 5.73 Å². The molecule has 0 aliphatic heterocycles. The number of carbonyl (C=O) groups is 1. The SMILES string of the molecule is NCCCCCCCC=CC(=O)O. The van der Waals surface area contributed by atoms with E-state index in [0.29, 0.717) is 0 Å². The second-order valence-corrected chi connectivity index (χ2v) is 3.09. The van der Waals surface area contributed by atoms with Gasteiger partial charge in [-0.1, -0.05) is 25.3 Å². The second-order valence-electron chi connectivity index (χ2n) is 3.09. The fourth-order valence-electron chi connectivity index (χ4n) is 1.12. The largest absolute Gasteiger partial charge is 0.478 e. The number of unbranched alkanes of at least 4 members (excludes halogenated alkanes) is 5. The van der Waals surface area contributed by atoms with Crippen LogP contribution in [0.1, 0.15) is 38.5 Å². The smallest absolute Gasteiger partial charge is 0.327 e. The van der Waals surface area contributed by atoms with Gasteiger partial charge < -0.3 is 10.8 Å². The first-order chi connectivity index (χ1) is 6.27. The zero-order chi connectivity index (χ0) is 9.94. The number of rotatable bonds is 8. The highest BCUT2D eigenvalue weighted by Gasteiger charge is 1.89. The van der Waals surface area contributed by atoms with Crippen LogP contribution in [-0.2, 0) is 4.79 Å². The quantitative estimate of drug-likeness (QED) is 0.448. The van der Waals surface area contributed by atoms with Crippen molar-refractivity contribution in [1.82, 2.24) is 0 Å². The first kappa shape index (κ1) is 12.2. The Kier molecular flexibility index (Phi) is 8.67. The van der Waals surface area contributed by atoms with Gasteiger partial charge in [-0.15, -0.1) is 0 Å². The minimum atomic E-state index is -0.858. The highest BCUT2D eigenvalue weighted by molar-refractivity contribution is 5.79. The van der Waals surface area contributed by atoms with Crippen LogP contribution in [0.3, 0.4) is 0 Å². The summed E-state index contributed by atoms with van der Waals surface area (Å²) < 4.78 is 0. The highest BCUT2D eigenvalue weighted by atomic mass is 16.4. The molecule has 0 rings (SSSR count). The van der Waals surface area contributed by atoms with Gasteiger partial charge in [0.25, 0.3) is 0 Å². The van der Waals surface area contributed by atoms with Crippen LogP contribution >= 0.6 is 0 Å². The minimum absolute atomic E-state index is 0.777. The molecular formula is C10H19NO2. The number of nitrogens with two attached hydrogens (primary N) is 1. The maximum Gasteiger partial charge on any atom is 0.327 e. The lowest BCUT2D eigenvalue weighted by Crippen LogP contribution is -1.97. The van der Waals surface area contributed by atoms with Crippen molar-refractivity contribution in [3.8, 4) is 0 Å². The molecule has 0 aromatic rings. The number of carboxylic acids is 1. The molecule has 0 bridgehead atoms. The van der Waals surface area contributed by atoms with E-state index in [-0.39, 0.29) is 0 Å². The van der Waals surface area contributed by atoms with Crippen molar-refractivity contribution in [1.29, 1.82) is 0 Å². The van der Waals surface area contributed by atoms with Crippen molar-refractivity contribution in [3.05, 3.63) is 12.2 Å². The maximum absolute atomic E-state index is 10.1. The maximum atomic E-state index is 10.1. The first-order valence-corrected chi connectivity index (χ1v) is 4.87. The molecule has 0 fully saturated rings. The third-order valence-electron chi connectivity index (χ3n) is 1.84. The van der Waals surface area contributed by atoms with Gasteiger partial charge in [-0.25, -0.2) is 4.79 Å². The Morgan fingerprint density at radius 2 is 1.77 bits per heavy atom. The van der Waals surface area contributed by atoms with Gasteiger partial charge in [-0.3, -0.25) is 0 Å². The van der Waals surface area contributed by atoms with Gasteiger partial charge in [-0.05, 0) is 25.8 Å². The molecule has 0 atom stereocenters. The summed E-state index contributed by atoms with van der Waals surface area (Å²) >= 11 is 0. The van der Waals surface area contributed by atoms with Crippen molar-refractivity contribution < 1.29 is 9.90 Å². The molecule has 0 saturated carbocycles. The fraction of sp³-hybridized carbons (Fsp3) is 0.700. The molecule has 0 aliphatic carbocycles. The molecule has 0 aliphatic rings. The standard InChI is InChI=1S/C10H19NO2/c11-9-7-5-3-1-2-4-6-8-10(12)13/h6,8H,1-5,7,9,11H2,(H,12,13). The van der Waals surface area contributed by atoms with E-state index < -0.39 is 5.97 Å². The number of hydrogen-bond donors (Lipinski definition) is 2. The van der Waals surface area contributed by atoms with Crippen LogP contribution in [0, 0.1) is 0 Å². The lowest BCUT2D eigenvalue weighted by atomic mass is 10.1. The van der Waals surface area contributed by atoms with Crippen molar-refractivity contribution in [3.63, 3.8) is 0 Å². The normalized spacial score (nSPS) is 10.8. The molecule has 13 heavy (non-hydrogen) atoms. The van der Waals surface area contributed by atoms with Crippen molar-refractivity contribution in [2.45, 2.75) is 38.5 Å². The summed E-state index contributed by atoms with van der Waals surface area (Å²) in [5, 5.41) is 8.29. The van der Waals surface area contributed by atoms with Gasteiger partial charge in [0, 0.05) is 6.08 Å².